The second-order valence-electron chi connectivity index (χ2n) is 4.99. The van der Waals surface area contributed by atoms with Crippen molar-refractivity contribution in [3.63, 3.8) is 0 Å². The summed E-state index contributed by atoms with van der Waals surface area (Å²) in [6, 6.07) is -1.02. The summed E-state index contributed by atoms with van der Waals surface area (Å²) in [4.78, 5) is 23.2. The highest BCUT2D eigenvalue weighted by molar-refractivity contribution is 7.98. The fraction of sp³-hybridized carbons (Fsp3) is 0.846. The number of hydrogen-bond donors (Lipinski definition) is 3. The molecule has 6 heteroatoms. The van der Waals surface area contributed by atoms with E-state index in [0.717, 1.165) is 31.6 Å². The third-order valence-corrected chi connectivity index (χ3v) is 4.28. The van der Waals surface area contributed by atoms with Gasteiger partial charge in [-0.25, -0.2) is 4.79 Å². The van der Waals surface area contributed by atoms with Crippen molar-refractivity contribution in [3.05, 3.63) is 0 Å². The second-order valence-corrected chi connectivity index (χ2v) is 5.97. The Kier molecular flexibility index (Phi) is 7.23. The van der Waals surface area contributed by atoms with Crippen molar-refractivity contribution in [1.29, 1.82) is 0 Å². The molecule has 0 saturated carbocycles. The van der Waals surface area contributed by atoms with Gasteiger partial charge in [-0.1, -0.05) is 13.3 Å². The number of aliphatic carboxylic acids is 1. The quantitative estimate of drug-likeness (QED) is 0.653. The summed E-state index contributed by atoms with van der Waals surface area (Å²) in [5, 5.41) is 14.9. The van der Waals surface area contributed by atoms with E-state index in [9.17, 15) is 9.59 Å². The molecule has 1 rings (SSSR count). The third kappa shape index (κ3) is 5.40. The number of piperidine rings is 1. The third-order valence-electron chi connectivity index (χ3n) is 3.63. The first kappa shape index (κ1) is 16.3. The van der Waals surface area contributed by atoms with Crippen LogP contribution in [-0.2, 0) is 9.59 Å². The number of amides is 1. The first-order valence-corrected chi connectivity index (χ1v) is 8.23. The van der Waals surface area contributed by atoms with E-state index in [2.05, 4.69) is 17.6 Å². The topological polar surface area (TPSA) is 78.4 Å². The molecule has 0 spiro atoms. The zero-order valence-corrected chi connectivity index (χ0v) is 12.5. The largest absolute Gasteiger partial charge is 0.480 e. The molecule has 1 aliphatic heterocycles. The van der Waals surface area contributed by atoms with Gasteiger partial charge in [0.05, 0.1) is 6.04 Å². The normalized spacial score (nSPS) is 24.7. The summed E-state index contributed by atoms with van der Waals surface area (Å²) in [7, 11) is 0. The van der Waals surface area contributed by atoms with E-state index in [1.165, 1.54) is 0 Å². The molecule has 1 amide bonds. The number of thioether (sulfide) groups is 1. The minimum atomic E-state index is -0.953. The lowest BCUT2D eigenvalue weighted by molar-refractivity contribution is -0.142. The second kappa shape index (κ2) is 8.43. The van der Waals surface area contributed by atoms with E-state index in [1.54, 1.807) is 11.8 Å². The van der Waals surface area contributed by atoms with Gasteiger partial charge in [0.1, 0.15) is 6.04 Å². The fourth-order valence-corrected chi connectivity index (χ4v) is 2.80. The molecule has 3 N–H and O–H groups in total. The number of nitrogens with one attached hydrogen (secondary N) is 2. The minimum Gasteiger partial charge on any atom is -0.480 e. The molecule has 3 atom stereocenters. The molecule has 0 aromatic carbocycles. The van der Waals surface area contributed by atoms with Crippen LogP contribution < -0.4 is 10.6 Å². The average Bonchev–Trinajstić information content (AvgIpc) is 2.42. The highest BCUT2D eigenvalue weighted by Crippen LogP contribution is 2.19. The van der Waals surface area contributed by atoms with Crippen LogP contribution in [0.15, 0.2) is 0 Å². The zero-order valence-electron chi connectivity index (χ0n) is 11.6. The van der Waals surface area contributed by atoms with Crippen LogP contribution in [0.5, 0.6) is 0 Å². The Morgan fingerprint density at radius 3 is 2.84 bits per heavy atom. The van der Waals surface area contributed by atoms with E-state index in [4.69, 9.17) is 5.11 Å². The predicted octanol–water partition coefficient (Wildman–Crippen LogP) is 1.09. The van der Waals surface area contributed by atoms with Crippen LogP contribution >= 0.6 is 11.8 Å². The van der Waals surface area contributed by atoms with Gasteiger partial charge in [0, 0.05) is 0 Å². The molecule has 2 unspecified atom stereocenters. The van der Waals surface area contributed by atoms with Gasteiger partial charge in [-0.2, -0.15) is 11.8 Å². The lowest BCUT2D eigenvalue weighted by atomic mass is 9.90. The Morgan fingerprint density at radius 2 is 2.26 bits per heavy atom. The maximum Gasteiger partial charge on any atom is 0.326 e. The average molecular weight is 288 g/mol. The number of rotatable bonds is 7. The molecule has 0 aromatic heterocycles. The van der Waals surface area contributed by atoms with Crippen molar-refractivity contribution in [1.82, 2.24) is 10.6 Å². The number of carboxylic acids is 1. The van der Waals surface area contributed by atoms with Crippen molar-refractivity contribution >= 4 is 23.6 Å². The van der Waals surface area contributed by atoms with Crippen LogP contribution in [0.2, 0.25) is 0 Å². The van der Waals surface area contributed by atoms with Gasteiger partial charge < -0.3 is 15.7 Å². The molecule has 1 aliphatic rings. The molecular weight excluding hydrogens is 264 g/mol. The fourth-order valence-electron chi connectivity index (χ4n) is 2.33. The molecule has 0 bridgehead atoms. The van der Waals surface area contributed by atoms with Crippen LogP contribution in [0.4, 0.5) is 0 Å². The number of carbonyl (C=O) groups excluding carboxylic acids is 1. The number of carbonyl (C=O) groups is 2. The lowest BCUT2D eigenvalue weighted by Gasteiger charge is -2.29. The molecule has 1 saturated heterocycles. The van der Waals surface area contributed by atoms with E-state index < -0.39 is 12.0 Å². The monoisotopic (exact) mass is 288 g/mol. The molecule has 0 aliphatic carbocycles. The van der Waals surface area contributed by atoms with Gasteiger partial charge in [-0.3, -0.25) is 4.79 Å². The van der Waals surface area contributed by atoms with E-state index >= 15 is 0 Å². The molecule has 1 fully saturated rings. The van der Waals surface area contributed by atoms with Gasteiger partial charge >= 0.3 is 5.97 Å². The van der Waals surface area contributed by atoms with Crippen LogP contribution in [0, 0.1) is 5.92 Å². The summed E-state index contributed by atoms with van der Waals surface area (Å²) in [6.07, 6.45) is 5.36. The summed E-state index contributed by atoms with van der Waals surface area (Å²) in [5.74, 6) is 0.163. The van der Waals surface area contributed by atoms with Gasteiger partial charge in [-0.05, 0) is 43.7 Å². The van der Waals surface area contributed by atoms with E-state index in [1.807, 2.05) is 6.26 Å². The molecule has 19 heavy (non-hydrogen) atoms. The Hall–Kier alpha value is -0.750. The molecule has 0 aromatic rings. The van der Waals surface area contributed by atoms with E-state index in [-0.39, 0.29) is 11.9 Å². The van der Waals surface area contributed by atoms with Crippen molar-refractivity contribution in [2.24, 2.45) is 5.92 Å². The predicted molar refractivity (Wildman–Crippen MR) is 77.4 cm³/mol. The molecule has 5 nitrogen and oxygen atoms in total. The van der Waals surface area contributed by atoms with Crippen LogP contribution in [-0.4, -0.2) is 47.6 Å². The van der Waals surface area contributed by atoms with Crippen LogP contribution in [0.3, 0.4) is 0 Å². The van der Waals surface area contributed by atoms with Gasteiger partial charge in [0.2, 0.25) is 5.91 Å². The Balaban J connectivity index is 2.48. The standard InChI is InChI=1S/C13H24N2O3S/c1-3-9-4-6-14-11(8-9)12(16)15-10(13(17)18)5-7-19-2/h9-11,14H,3-8H2,1-2H3,(H,15,16)(H,17,18)/t9?,10-,11?/m0/s1. The molecule has 1 heterocycles. The maximum absolute atomic E-state index is 12.1. The summed E-state index contributed by atoms with van der Waals surface area (Å²) in [5.41, 5.74) is 0. The Labute approximate surface area is 118 Å². The van der Waals surface area contributed by atoms with Crippen molar-refractivity contribution in [3.8, 4) is 0 Å². The smallest absolute Gasteiger partial charge is 0.326 e. The number of carboxylic acid groups (broad SMARTS) is 1. The van der Waals surface area contributed by atoms with Crippen LogP contribution in [0.25, 0.3) is 0 Å². The SMILES string of the molecule is CCC1CCNC(C(=O)N[C@@H](CCSC)C(=O)O)C1. The highest BCUT2D eigenvalue weighted by atomic mass is 32.2. The summed E-state index contributed by atoms with van der Waals surface area (Å²) >= 11 is 1.58. The van der Waals surface area contributed by atoms with Crippen molar-refractivity contribution < 1.29 is 14.7 Å². The van der Waals surface area contributed by atoms with Gasteiger partial charge in [-0.15, -0.1) is 0 Å². The maximum atomic E-state index is 12.1. The van der Waals surface area contributed by atoms with E-state index in [0.29, 0.717) is 12.3 Å². The number of hydrogen-bond acceptors (Lipinski definition) is 4. The van der Waals surface area contributed by atoms with Gasteiger partial charge in [0.15, 0.2) is 0 Å². The zero-order chi connectivity index (χ0) is 14.3. The Bertz CT molecular complexity index is 312. The highest BCUT2D eigenvalue weighted by Gasteiger charge is 2.28. The summed E-state index contributed by atoms with van der Waals surface area (Å²) < 4.78 is 0. The van der Waals surface area contributed by atoms with Gasteiger partial charge in [0.25, 0.3) is 0 Å². The molecular formula is C13H24N2O3S. The summed E-state index contributed by atoms with van der Waals surface area (Å²) in [6.45, 7) is 2.96. The minimum absolute atomic E-state index is 0.174. The lowest BCUT2D eigenvalue weighted by Crippen LogP contribution is -2.53. The first-order valence-electron chi connectivity index (χ1n) is 6.84. The first-order chi connectivity index (χ1) is 9.08. The molecule has 110 valence electrons. The Morgan fingerprint density at radius 1 is 1.53 bits per heavy atom. The van der Waals surface area contributed by atoms with Crippen molar-refractivity contribution in [2.45, 2.75) is 44.7 Å². The van der Waals surface area contributed by atoms with Crippen molar-refractivity contribution in [2.75, 3.05) is 18.6 Å². The molecule has 0 radical (unpaired) electrons. The van der Waals surface area contributed by atoms with Crippen LogP contribution in [0.1, 0.15) is 32.6 Å².